The van der Waals surface area contributed by atoms with E-state index >= 15 is 0 Å². The third-order valence-corrected chi connectivity index (χ3v) is 4.61. The number of hydrogen-bond donors (Lipinski definition) is 1. The van der Waals surface area contributed by atoms with E-state index in [1.54, 1.807) is 0 Å². The number of hydrogen-bond acceptors (Lipinski definition) is 2. The Kier molecular flexibility index (Phi) is 5.27. The maximum absolute atomic E-state index is 12.3. The zero-order valence-corrected chi connectivity index (χ0v) is 13.8. The molecule has 2 unspecified atom stereocenters. The van der Waals surface area contributed by atoms with E-state index in [4.69, 9.17) is 0 Å². The van der Waals surface area contributed by atoms with Gasteiger partial charge in [0.05, 0.1) is 6.54 Å². The van der Waals surface area contributed by atoms with Crippen molar-refractivity contribution in [1.29, 1.82) is 0 Å². The molecule has 0 aromatic heterocycles. The van der Waals surface area contributed by atoms with E-state index in [-0.39, 0.29) is 5.91 Å². The molecule has 1 fully saturated rings. The van der Waals surface area contributed by atoms with Crippen molar-refractivity contribution in [3.05, 3.63) is 29.3 Å². The second-order valence-electron chi connectivity index (χ2n) is 6.58. The lowest BCUT2D eigenvalue weighted by atomic mass is 9.86. The Bertz CT molecular complexity index is 498. The average molecular weight is 288 g/mol. The summed E-state index contributed by atoms with van der Waals surface area (Å²) >= 11 is 0. The number of benzene rings is 1. The predicted octanol–water partition coefficient (Wildman–Crippen LogP) is 3.43. The van der Waals surface area contributed by atoms with E-state index in [0.29, 0.717) is 18.5 Å². The maximum atomic E-state index is 12.3. The van der Waals surface area contributed by atoms with E-state index in [1.165, 1.54) is 30.4 Å². The quantitative estimate of drug-likeness (QED) is 0.920. The van der Waals surface area contributed by atoms with E-state index < -0.39 is 0 Å². The number of aryl methyl sites for hydroxylation is 2. The molecule has 1 aliphatic carbocycles. The summed E-state index contributed by atoms with van der Waals surface area (Å²) in [5.41, 5.74) is 3.58. The van der Waals surface area contributed by atoms with E-state index in [0.717, 1.165) is 12.1 Å². The average Bonchev–Trinajstić information content (AvgIpc) is 2.44. The van der Waals surface area contributed by atoms with Crippen LogP contribution in [0.2, 0.25) is 0 Å². The third kappa shape index (κ3) is 4.23. The molecule has 3 nitrogen and oxygen atoms in total. The van der Waals surface area contributed by atoms with Crippen LogP contribution in [0.15, 0.2) is 18.2 Å². The summed E-state index contributed by atoms with van der Waals surface area (Å²) in [5.74, 6) is 0.742. The Balaban J connectivity index is 1.94. The summed E-state index contributed by atoms with van der Waals surface area (Å²) in [6.45, 7) is 6.85. The van der Waals surface area contributed by atoms with Crippen LogP contribution in [0.25, 0.3) is 0 Å². The van der Waals surface area contributed by atoms with E-state index in [1.807, 2.05) is 11.9 Å². The molecule has 1 aliphatic rings. The minimum Gasteiger partial charge on any atom is -0.365 e. The molecular formula is C18H28N2O. The SMILES string of the molecule is Cc1ccc(C)c(N(C)CC(=O)NC2CCCCC2C)c1. The standard InChI is InChI=1S/C18H28N2O/c1-13-9-10-15(3)17(11-13)20(4)12-18(21)19-16-8-6-5-7-14(16)2/h9-11,14,16H,5-8,12H2,1-4H3,(H,19,21). The lowest BCUT2D eigenvalue weighted by molar-refractivity contribution is -0.121. The number of likely N-dealkylation sites (N-methyl/N-ethyl adjacent to an activating group) is 1. The summed E-state index contributed by atoms with van der Waals surface area (Å²) in [7, 11) is 1.99. The van der Waals surface area contributed by atoms with Crippen LogP contribution in [0, 0.1) is 19.8 Å². The van der Waals surface area contributed by atoms with Gasteiger partial charge in [0.15, 0.2) is 0 Å². The van der Waals surface area contributed by atoms with Gasteiger partial charge in [-0.15, -0.1) is 0 Å². The van der Waals surface area contributed by atoms with Crippen LogP contribution in [0.5, 0.6) is 0 Å². The molecule has 0 radical (unpaired) electrons. The monoisotopic (exact) mass is 288 g/mol. The Morgan fingerprint density at radius 3 is 2.71 bits per heavy atom. The molecule has 1 aromatic carbocycles. The topological polar surface area (TPSA) is 32.3 Å². The first-order valence-electron chi connectivity index (χ1n) is 8.05. The zero-order chi connectivity index (χ0) is 15.4. The molecule has 0 heterocycles. The van der Waals surface area contributed by atoms with Gasteiger partial charge in [0.25, 0.3) is 0 Å². The van der Waals surface area contributed by atoms with Crippen molar-refractivity contribution < 1.29 is 4.79 Å². The summed E-state index contributed by atoms with van der Waals surface area (Å²) < 4.78 is 0. The Hall–Kier alpha value is -1.51. The molecular weight excluding hydrogens is 260 g/mol. The highest BCUT2D eigenvalue weighted by atomic mass is 16.2. The maximum Gasteiger partial charge on any atom is 0.239 e. The lowest BCUT2D eigenvalue weighted by Crippen LogP contribution is -2.45. The van der Waals surface area contributed by atoms with Crippen LogP contribution in [-0.2, 0) is 4.79 Å². The first kappa shape index (κ1) is 15.9. The smallest absolute Gasteiger partial charge is 0.239 e. The van der Waals surface area contributed by atoms with Crippen LogP contribution in [0.4, 0.5) is 5.69 Å². The summed E-state index contributed by atoms with van der Waals surface area (Å²) in [5, 5.41) is 3.22. The van der Waals surface area contributed by atoms with Gasteiger partial charge in [-0.25, -0.2) is 0 Å². The molecule has 116 valence electrons. The minimum absolute atomic E-state index is 0.136. The zero-order valence-electron chi connectivity index (χ0n) is 13.8. The fraction of sp³-hybridized carbons (Fsp3) is 0.611. The van der Waals surface area contributed by atoms with Gasteiger partial charge in [-0.3, -0.25) is 4.79 Å². The van der Waals surface area contributed by atoms with Crippen LogP contribution in [-0.4, -0.2) is 25.5 Å². The molecule has 2 atom stereocenters. The molecule has 21 heavy (non-hydrogen) atoms. The molecule has 0 saturated heterocycles. The number of carbonyl (C=O) groups excluding carboxylic acids is 1. The highest BCUT2D eigenvalue weighted by molar-refractivity contribution is 5.81. The predicted molar refractivity (Wildman–Crippen MR) is 88.7 cm³/mol. The van der Waals surface area contributed by atoms with Gasteiger partial charge in [0.2, 0.25) is 5.91 Å². The number of carbonyl (C=O) groups is 1. The van der Waals surface area contributed by atoms with Crippen molar-refractivity contribution >= 4 is 11.6 Å². The van der Waals surface area contributed by atoms with E-state index in [9.17, 15) is 4.79 Å². The van der Waals surface area contributed by atoms with Crippen molar-refractivity contribution in [2.75, 3.05) is 18.5 Å². The Morgan fingerprint density at radius 1 is 1.29 bits per heavy atom. The van der Waals surface area contributed by atoms with Gasteiger partial charge in [0.1, 0.15) is 0 Å². The molecule has 0 bridgehead atoms. The fourth-order valence-electron chi connectivity index (χ4n) is 3.21. The molecule has 1 saturated carbocycles. The number of rotatable bonds is 4. The highest BCUT2D eigenvalue weighted by Gasteiger charge is 2.23. The molecule has 2 rings (SSSR count). The van der Waals surface area contributed by atoms with Crippen LogP contribution >= 0.6 is 0 Å². The first-order valence-corrected chi connectivity index (χ1v) is 8.05. The number of anilines is 1. The van der Waals surface area contributed by atoms with Crippen LogP contribution in [0.1, 0.15) is 43.7 Å². The van der Waals surface area contributed by atoms with Gasteiger partial charge in [-0.05, 0) is 49.8 Å². The van der Waals surface area contributed by atoms with Gasteiger partial charge in [0, 0.05) is 18.8 Å². The number of nitrogens with one attached hydrogen (secondary N) is 1. The summed E-state index contributed by atoms with van der Waals surface area (Å²) in [4.78, 5) is 14.3. The van der Waals surface area contributed by atoms with Gasteiger partial charge >= 0.3 is 0 Å². The van der Waals surface area contributed by atoms with Crippen molar-refractivity contribution in [3.63, 3.8) is 0 Å². The molecule has 1 aromatic rings. The second-order valence-corrected chi connectivity index (χ2v) is 6.58. The van der Waals surface area contributed by atoms with Crippen molar-refractivity contribution in [3.8, 4) is 0 Å². The van der Waals surface area contributed by atoms with Gasteiger partial charge in [-0.1, -0.05) is 31.9 Å². The molecule has 1 amide bonds. The molecule has 0 aliphatic heterocycles. The summed E-state index contributed by atoms with van der Waals surface area (Å²) in [6.07, 6.45) is 4.90. The molecule has 3 heteroatoms. The Labute approximate surface area is 128 Å². The van der Waals surface area contributed by atoms with Crippen molar-refractivity contribution in [2.24, 2.45) is 5.92 Å². The van der Waals surface area contributed by atoms with Crippen LogP contribution < -0.4 is 10.2 Å². The fourth-order valence-corrected chi connectivity index (χ4v) is 3.21. The first-order chi connectivity index (χ1) is 9.97. The minimum atomic E-state index is 0.136. The number of nitrogens with zero attached hydrogens (tertiary/aromatic N) is 1. The summed E-state index contributed by atoms with van der Waals surface area (Å²) in [6, 6.07) is 6.73. The van der Waals surface area contributed by atoms with Crippen molar-refractivity contribution in [1.82, 2.24) is 5.32 Å². The lowest BCUT2D eigenvalue weighted by Gasteiger charge is -2.30. The largest absolute Gasteiger partial charge is 0.365 e. The third-order valence-electron chi connectivity index (χ3n) is 4.61. The van der Waals surface area contributed by atoms with Gasteiger partial charge in [-0.2, -0.15) is 0 Å². The second kappa shape index (κ2) is 6.97. The van der Waals surface area contributed by atoms with Crippen LogP contribution in [0.3, 0.4) is 0 Å². The Morgan fingerprint density at radius 2 is 2.00 bits per heavy atom. The highest BCUT2D eigenvalue weighted by Crippen LogP contribution is 2.24. The molecule has 1 N–H and O–H groups in total. The molecule has 0 spiro atoms. The van der Waals surface area contributed by atoms with Gasteiger partial charge < -0.3 is 10.2 Å². The van der Waals surface area contributed by atoms with Crippen molar-refractivity contribution in [2.45, 2.75) is 52.5 Å². The number of amides is 1. The van der Waals surface area contributed by atoms with E-state index in [2.05, 4.69) is 44.3 Å². The normalized spacial score (nSPS) is 21.9.